The van der Waals surface area contributed by atoms with Crippen molar-refractivity contribution in [2.24, 2.45) is 0 Å². The molecule has 0 aromatic heterocycles. The Labute approximate surface area is 104 Å². The van der Waals surface area contributed by atoms with Crippen molar-refractivity contribution in [2.45, 2.75) is 31.4 Å². The molecule has 16 heavy (non-hydrogen) atoms. The molecule has 2 saturated heterocycles. The lowest BCUT2D eigenvalue weighted by molar-refractivity contribution is -0.160. The number of carbonyl (C=O) groups is 1. The van der Waals surface area contributed by atoms with Gasteiger partial charge in [-0.3, -0.25) is 4.79 Å². The number of likely N-dealkylation sites (tertiary alicyclic amines) is 1. The van der Waals surface area contributed by atoms with Crippen LogP contribution in [0.3, 0.4) is 0 Å². The van der Waals surface area contributed by atoms with Crippen molar-refractivity contribution in [1.82, 2.24) is 4.90 Å². The number of halogens is 1. The highest BCUT2D eigenvalue weighted by molar-refractivity contribution is 9.09. The Bertz CT molecular complexity index is 243. The summed E-state index contributed by atoms with van der Waals surface area (Å²) < 4.78 is 10.7. The molecule has 0 bridgehead atoms. The molecule has 2 fully saturated rings. The first-order chi connectivity index (χ1) is 7.83. The number of nitrogens with zero attached hydrogens (tertiary/aromatic N) is 1. The van der Waals surface area contributed by atoms with Crippen molar-refractivity contribution < 1.29 is 14.3 Å². The average molecular weight is 292 g/mol. The Kier molecular flexibility index (Phi) is 4.61. The Morgan fingerprint density at radius 1 is 1.38 bits per heavy atom. The highest BCUT2D eigenvalue weighted by Crippen LogP contribution is 2.20. The molecule has 5 heteroatoms. The summed E-state index contributed by atoms with van der Waals surface area (Å²) >= 11 is 3.48. The van der Waals surface area contributed by atoms with Gasteiger partial charge in [0.05, 0.1) is 19.8 Å². The van der Waals surface area contributed by atoms with Crippen molar-refractivity contribution in [2.75, 3.05) is 31.7 Å². The van der Waals surface area contributed by atoms with E-state index in [2.05, 4.69) is 15.9 Å². The maximum atomic E-state index is 12.2. The largest absolute Gasteiger partial charge is 0.376 e. The second kappa shape index (κ2) is 5.98. The predicted molar refractivity (Wildman–Crippen MR) is 63.7 cm³/mol. The predicted octanol–water partition coefficient (Wildman–Crippen LogP) is 1.18. The molecule has 0 saturated carbocycles. The number of carbonyl (C=O) groups excluding carboxylic acids is 1. The normalized spacial score (nSPS) is 31.4. The summed E-state index contributed by atoms with van der Waals surface area (Å²) in [6.45, 7) is 2.40. The van der Waals surface area contributed by atoms with Crippen LogP contribution in [0.1, 0.15) is 19.3 Å². The summed E-state index contributed by atoms with van der Waals surface area (Å²) in [5, 5.41) is 0.853. The molecule has 0 radical (unpaired) electrons. The van der Waals surface area contributed by atoms with E-state index in [9.17, 15) is 4.79 Å². The molecule has 0 aliphatic carbocycles. The van der Waals surface area contributed by atoms with E-state index in [1.807, 2.05) is 4.90 Å². The van der Waals surface area contributed by atoms with Crippen LogP contribution in [-0.2, 0) is 14.3 Å². The second-order valence-electron chi connectivity index (χ2n) is 4.27. The van der Waals surface area contributed by atoms with Crippen LogP contribution in [-0.4, -0.2) is 54.6 Å². The molecule has 2 unspecified atom stereocenters. The molecule has 1 amide bonds. The summed E-state index contributed by atoms with van der Waals surface area (Å²) in [6.07, 6.45) is 3.02. The fourth-order valence-corrected chi connectivity index (χ4v) is 2.94. The molecule has 2 aliphatic heterocycles. The minimum atomic E-state index is -0.381. The van der Waals surface area contributed by atoms with E-state index in [1.54, 1.807) is 0 Å². The molecule has 0 aromatic rings. The van der Waals surface area contributed by atoms with Crippen LogP contribution in [0.5, 0.6) is 0 Å². The number of hydrogen-bond donors (Lipinski definition) is 0. The van der Waals surface area contributed by atoms with Gasteiger partial charge in [0.1, 0.15) is 0 Å². The summed E-state index contributed by atoms with van der Waals surface area (Å²) in [5.41, 5.74) is 0. The van der Waals surface area contributed by atoms with Crippen molar-refractivity contribution in [3.05, 3.63) is 0 Å². The zero-order valence-electron chi connectivity index (χ0n) is 9.36. The van der Waals surface area contributed by atoms with Gasteiger partial charge in [0.15, 0.2) is 6.10 Å². The topological polar surface area (TPSA) is 38.8 Å². The van der Waals surface area contributed by atoms with E-state index in [4.69, 9.17) is 9.47 Å². The van der Waals surface area contributed by atoms with Gasteiger partial charge in [0.2, 0.25) is 0 Å². The maximum Gasteiger partial charge on any atom is 0.254 e. The molecule has 2 heterocycles. The van der Waals surface area contributed by atoms with Gasteiger partial charge in [0.25, 0.3) is 5.91 Å². The molecule has 2 atom stereocenters. The van der Waals surface area contributed by atoms with E-state index in [0.717, 1.165) is 24.7 Å². The minimum Gasteiger partial charge on any atom is -0.376 e. The number of piperidine rings is 1. The van der Waals surface area contributed by atoms with Crippen LogP contribution < -0.4 is 0 Å². The molecule has 2 aliphatic rings. The monoisotopic (exact) mass is 291 g/mol. The van der Waals surface area contributed by atoms with Gasteiger partial charge in [0, 0.05) is 17.9 Å². The lowest BCUT2D eigenvalue weighted by atomic mass is 10.0. The zero-order valence-corrected chi connectivity index (χ0v) is 10.9. The van der Waals surface area contributed by atoms with Crippen LogP contribution in [0.4, 0.5) is 0 Å². The summed E-state index contributed by atoms with van der Waals surface area (Å²) in [6, 6.07) is 0.326. The molecule has 2 rings (SSSR count). The number of amides is 1. The maximum absolute atomic E-state index is 12.2. The lowest BCUT2D eigenvalue weighted by Gasteiger charge is -2.37. The Morgan fingerprint density at radius 3 is 2.94 bits per heavy atom. The first-order valence-electron chi connectivity index (χ1n) is 5.88. The highest BCUT2D eigenvalue weighted by atomic mass is 79.9. The van der Waals surface area contributed by atoms with Crippen LogP contribution in [0.15, 0.2) is 0 Å². The molecular formula is C11H18BrNO3. The van der Waals surface area contributed by atoms with Gasteiger partial charge in [-0.25, -0.2) is 0 Å². The van der Waals surface area contributed by atoms with Crippen molar-refractivity contribution in [3.8, 4) is 0 Å². The second-order valence-corrected chi connectivity index (χ2v) is 4.92. The van der Waals surface area contributed by atoms with Gasteiger partial charge in [-0.05, 0) is 19.3 Å². The Morgan fingerprint density at radius 2 is 2.25 bits per heavy atom. The molecule has 0 spiro atoms. The van der Waals surface area contributed by atoms with Gasteiger partial charge >= 0.3 is 0 Å². The molecular weight excluding hydrogens is 274 g/mol. The van der Waals surface area contributed by atoms with Crippen molar-refractivity contribution in [1.29, 1.82) is 0 Å². The third-order valence-corrected chi connectivity index (χ3v) is 3.93. The van der Waals surface area contributed by atoms with Gasteiger partial charge < -0.3 is 14.4 Å². The van der Waals surface area contributed by atoms with Crippen LogP contribution in [0, 0.1) is 0 Å². The SMILES string of the molecule is O=C(C1COCCO1)N1CCCCC1CBr. The number of alkyl halides is 1. The summed E-state index contributed by atoms with van der Waals surface area (Å²) in [4.78, 5) is 14.2. The molecule has 0 aromatic carbocycles. The first kappa shape index (κ1) is 12.3. The van der Waals surface area contributed by atoms with Gasteiger partial charge in [-0.15, -0.1) is 0 Å². The summed E-state index contributed by atoms with van der Waals surface area (Å²) in [7, 11) is 0. The third-order valence-electron chi connectivity index (χ3n) is 3.18. The van der Waals surface area contributed by atoms with Crippen molar-refractivity contribution in [3.63, 3.8) is 0 Å². The third kappa shape index (κ3) is 2.76. The van der Waals surface area contributed by atoms with E-state index >= 15 is 0 Å². The lowest BCUT2D eigenvalue weighted by Crippen LogP contribution is -2.51. The van der Waals surface area contributed by atoms with E-state index in [-0.39, 0.29) is 12.0 Å². The van der Waals surface area contributed by atoms with Gasteiger partial charge in [-0.1, -0.05) is 15.9 Å². The smallest absolute Gasteiger partial charge is 0.254 e. The molecule has 4 nitrogen and oxygen atoms in total. The fraction of sp³-hybridized carbons (Fsp3) is 0.909. The highest BCUT2D eigenvalue weighted by Gasteiger charge is 2.32. The van der Waals surface area contributed by atoms with E-state index in [1.165, 1.54) is 6.42 Å². The van der Waals surface area contributed by atoms with Crippen molar-refractivity contribution >= 4 is 21.8 Å². The fourth-order valence-electron chi connectivity index (χ4n) is 2.27. The van der Waals surface area contributed by atoms with Gasteiger partial charge in [-0.2, -0.15) is 0 Å². The minimum absolute atomic E-state index is 0.101. The first-order valence-corrected chi connectivity index (χ1v) is 7.01. The molecule has 0 N–H and O–H groups in total. The van der Waals surface area contributed by atoms with E-state index in [0.29, 0.717) is 25.9 Å². The van der Waals surface area contributed by atoms with Crippen LogP contribution in [0.25, 0.3) is 0 Å². The number of hydrogen-bond acceptors (Lipinski definition) is 3. The van der Waals surface area contributed by atoms with E-state index < -0.39 is 0 Å². The summed E-state index contributed by atoms with van der Waals surface area (Å²) in [5.74, 6) is 0.101. The quantitative estimate of drug-likeness (QED) is 0.717. The Hall–Kier alpha value is -0.130. The van der Waals surface area contributed by atoms with Crippen LogP contribution in [0.2, 0.25) is 0 Å². The number of ether oxygens (including phenoxy) is 2. The number of rotatable bonds is 2. The zero-order chi connectivity index (χ0) is 11.4. The standard InChI is InChI=1S/C11H18BrNO3/c12-7-9-3-1-2-4-13(9)11(14)10-8-15-5-6-16-10/h9-10H,1-8H2. The average Bonchev–Trinajstić information content (AvgIpc) is 2.39. The van der Waals surface area contributed by atoms with Crippen LogP contribution >= 0.6 is 15.9 Å². The molecule has 92 valence electrons. The Balaban J connectivity index is 1.95.